The smallest absolute Gasteiger partial charge is 0.238 e. The van der Waals surface area contributed by atoms with Crippen LogP contribution in [0.1, 0.15) is 19.0 Å². The molecule has 1 N–H and O–H groups in total. The van der Waals surface area contributed by atoms with Crippen LogP contribution in [0.2, 0.25) is 0 Å². The Labute approximate surface area is 152 Å². The van der Waals surface area contributed by atoms with E-state index in [2.05, 4.69) is 20.2 Å². The van der Waals surface area contributed by atoms with Crippen molar-refractivity contribution < 1.29 is 9.18 Å². The minimum absolute atomic E-state index is 0.0131. The highest BCUT2D eigenvalue weighted by atomic mass is 19.1. The van der Waals surface area contributed by atoms with Gasteiger partial charge in [-0.3, -0.25) is 9.69 Å². The SMILES string of the molecule is CCc1ncnc(N2CC3CC(C2)N3CC(=O)Nc2ccccc2)c1F. The van der Waals surface area contributed by atoms with Crippen LogP contribution in [0, 0.1) is 5.82 Å². The van der Waals surface area contributed by atoms with Gasteiger partial charge in [0.2, 0.25) is 5.91 Å². The minimum Gasteiger partial charge on any atom is -0.351 e. The van der Waals surface area contributed by atoms with Crippen LogP contribution in [0.5, 0.6) is 0 Å². The number of para-hydroxylation sites is 1. The van der Waals surface area contributed by atoms with Crippen molar-refractivity contribution >= 4 is 17.4 Å². The van der Waals surface area contributed by atoms with Crippen molar-refractivity contribution in [1.82, 2.24) is 14.9 Å². The van der Waals surface area contributed by atoms with Gasteiger partial charge in [0.15, 0.2) is 11.6 Å². The van der Waals surface area contributed by atoms with E-state index in [0.717, 1.165) is 12.1 Å². The number of benzene rings is 1. The first kappa shape index (κ1) is 16.9. The molecule has 3 aliphatic heterocycles. The molecular formula is C19H22FN5O. The van der Waals surface area contributed by atoms with Crippen LogP contribution in [0.25, 0.3) is 0 Å². The molecular weight excluding hydrogens is 333 g/mol. The Kier molecular flexibility index (Phi) is 4.55. The standard InChI is InChI=1S/C19H22FN5O/c1-2-16-18(20)19(22-12-21-16)24-9-14-8-15(10-24)25(14)11-17(26)23-13-6-4-3-5-7-13/h3-7,12,14-15H,2,8-11H2,1H3,(H,23,26). The zero-order chi connectivity index (χ0) is 18.1. The van der Waals surface area contributed by atoms with Gasteiger partial charge >= 0.3 is 0 Å². The summed E-state index contributed by atoms with van der Waals surface area (Å²) in [4.78, 5) is 24.6. The fourth-order valence-corrected chi connectivity index (χ4v) is 3.87. The molecule has 0 aliphatic carbocycles. The van der Waals surface area contributed by atoms with E-state index in [1.807, 2.05) is 42.2 Å². The first-order chi connectivity index (χ1) is 12.7. The second-order valence-corrected chi connectivity index (χ2v) is 6.85. The van der Waals surface area contributed by atoms with Crippen molar-refractivity contribution in [2.75, 3.05) is 29.9 Å². The van der Waals surface area contributed by atoms with E-state index in [1.165, 1.54) is 6.33 Å². The Morgan fingerprint density at radius 3 is 2.65 bits per heavy atom. The molecule has 0 spiro atoms. The predicted octanol–water partition coefficient (Wildman–Crippen LogP) is 2.08. The number of piperazine rings is 1. The lowest BCUT2D eigenvalue weighted by molar-refractivity contribution is -0.121. The Hall–Kier alpha value is -2.54. The molecule has 1 aromatic heterocycles. The molecule has 0 saturated carbocycles. The first-order valence-corrected chi connectivity index (χ1v) is 9.00. The first-order valence-electron chi connectivity index (χ1n) is 9.00. The lowest BCUT2D eigenvalue weighted by atomic mass is 9.87. The summed E-state index contributed by atoms with van der Waals surface area (Å²) in [6, 6.07) is 9.98. The summed E-state index contributed by atoms with van der Waals surface area (Å²) in [5.41, 5.74) is 1.26. The van der Waals surface area contributed by atoms with Gasteiger partial charge in [0.25, 0.3) is 0 Å². The summed E-state index contributed by atoms with van der Waals surface area (Å²) in [6.07, 6.45) is 3.03. The van der Waals surface area contributed by atoms with Crippen molar-refractivity contribution in [2.45, 2.75) is 31.8 Å². The quantitative estimate of drug-likeness (QED) is 0.890. The van der Waals surface area contributed by atoms with Crippen molar-refractivity contribution in [3.8, 4) is 0 Å². The lowest BCUT2D eigenvalue weighted by Crippen LogP contribution is -2.70. The van der Waals surface area contributed by atoms with Gasteiger partial charge in [-0.1, -0.05) is 25.1 Å². The number of hydrogen-bond donors (Lipinski definition) is 1. The third-order valence-corrected chi connectivity index (χ3v) is 5.21. The summed E-state index contributed by atoms with van der Waals surface area (Å²) >= 11 is 0. The maximum Gasteiger partial charge on any atom is 0.238 e. The van der Waals surface area contributed by atoms with E-state index < -0.39 is 0 Å². The highest BCUT2D eigenvalue weighted by Crippen LogP contribution is 2.34. The number of aromatic nitrogens is 2. The number of amides is 1. The summed E-state index contributed by atoms with van der Waals surface area (Å²) in [5.74, 6) is 0.0606. The number of nitrogens with one attached hydrogen (secondary N) is 1. The molecule has 2 atom stereocenters. The molecule has 1 amide bonds. The Bertz CT molecular complexity index is 788. The van der Waals surface area contributed by atoms with Crippen molar-refractivity contribution in [3.05, 3.63) is 48.2 Å². The van der Waals surface area contributed by atoms with E-state index in [0.29, 0.717) is 37.6 Å². The van der Waals surface area contributed by atoms with Crippen molar-refractivity contribution in [1.29, 1.82) is 0 Å². The molecule has 0 radical (unpaired) electrons. The number of fused-ring (bicyclic) bond motifs is 2. The van der Waals surface area contributed by atoms with E-state index >= 15 is 0 Å². The third-order valence-electron chi connectivity index (χ3n) is 5.21. The van der Waals surface area contributed by atoms with Gasteiger partial charge in [-0.2, -0.15) is 0 Å². The van der Waals surface area contributed by atoms with E-state index in [4.69, 9.17) is 0 Å². The molecule has 6 nitrogen and oxygen atoms in total. The Balaban J connectivity index is 1.38. The normalized spacial score (nSPS) is 22.0. The number of halogens is 1. The van der Waals surface area contributed by atoms with Crippen molar-refractivity contribution in [3.63, 3.8) is 0 Å². The molecule has 2 aromatic rings. The summed E-state index contributed by atoms with van der Waals surface area (Å²) in [6.45, 7) is 3.62. The molecule has 26 heavy (non-hydrogen) atoms. The fraction of sp³-hybridized carbons (Fsp3) is 0.421. The molecule has 4 heterocycles. The zero-order valence-corrected chi connectivity index (χ0v) is 14.7. The number of nitrogens with zero attached hydrogens (tertiary/aromatic N) is 4. The van der Waals surface area contributed by atoms with E-state index in [9.17, 15) is 9.18 Å². The monoisotopic (exact) mass is 355 g/mol. The molecule has 136 valence electrons. The topological polar surface area (TPSA) is 61.4 Å². The van der Waals surface area contributed by atoms with Crippen LogP contribution in [-0.2, 0) is 11.2 Å². The number of anilines is 2. The molecule has 7 heteroatoms. The average molecular weight is 355 g/mol. The maximum atomic E-state index is 14.5. The molecule has 5 rings (SSSR count). The molecule has 3 saturated heterocycles. The Morgan fingerprint density at radius 2 is 1.96 bits per heavy atom. The summed E-state index contributed by atoms with van der Waals surface area (Å²) in [7, 11) is 0. The van der Waals surface area contributed by atoms with Crippen LogP contribution >= 0.6 is 0 Å². The molecule has 2 bridgehead atoms. The second kappa shape index (κ2) is 6.99. The minimum atomic E-state index is -0.315. The van der Waals surface area contributed by atoms with Gasteiger partial charge < -0.3 is 10.2 Å². The molecule has 3 aliphatic rings. The largest absolute Gasteiger partial charge is 0.351 e. The average Bonchev–Trinajstić information content (AvgIpc) is 2.67. The third kappa shape index (κ3) is 3.14. The maximum absolute atomic E-state index is 14.5. The van der Waals surface area contributed by atoms with Crippen LogP contribution < -0.4 is 10.2 Å². The Morgan fingerprint density at radius 1 is 1.23 bits per heavy atom. The van der Waals surface area contributed by atoms with Gasteiger partial charge in [-0.15, -0.1) is 0 Å². The number of rotatable bonds is 5. The molecule has 1 aromatic carbocycles. The van der Waals surface area contributed by atoms with Gasteiger partial charge in [0.05, 0.1) is 12.2 Å². The zero-order valence-electron chi connectivity index (χ0n) is 14.7. The summed E-state index contributed by atoms with van der Waals surface area (Å²) in [5, 5.41) is 2.92. The van der Waals surface area contributed by atoms with Gasteiger partial charge in [0, 0.05) is 30.9 Å². The van der Waals surface area contributed by atoms with Crippen LogP contribution in [0.4, 0.5) is 15.9 Å². The molecule has 2 unspecified atom stereocenters. The fourth-order valence-electron chi connectivity index (χ4n) is 3.87. The van der Waals surface area contributed by atoms with Gasteiger partial charge in [0.1, 0.15) is 6.33 Å². The lowest BCUT2D eigenvalue weighted by Gasteiger charge is -2.56. The number of carbonyl (C=O) groups is 1. The number of carbonyl (C=O) groups excluding carboxylic acids is 1. The van der Waals surface area contributed by atoms with E-state index in [1.54, 1.807) is 0 Å². The number of piperidine rings is 1. The van der Waals surface area contributed by atoms with Crippen LogP contribution in [0.15, 0.2) is 36.7 Å². The van der Waals surface area contributed by atoms with Crippen LogP contribution in [0.3, 0.4) is 0 Å². The summed E-state index contributed by atoms with van der Waals surface area (Å²) < 4.78 is 14.5. The number of aryl methyl sites for hydroxylation is 1. The second-order valence-electron chi connectivity index (χ2n) is 6.85. The highest BCUT2D eigenvalue weighted by molar-refractivity contribution is 5.92. The molecule has 3 fully saturated rings. The predicted molar refractivity (Wildman–Crippen MR) is 97.6 cm³/mol. The van der Waals surface area contributed by atoms with Crippen molar-refractivity contribution in [2.24, 2.45) is 0 Å². The number of hydrogen-bond acceptors (Lipinski definition) is 5. The van der Waals surface area contributed by atoms with Gasteiger partial charge in [-0.05, 0) is 25.0 Å². The van der Waals surface area contributed by atoms with Gasteiger partial charge in [-0.25, -0.2) is 14.4 Å². The van der Waals surface area contributed by atoms with E-state index in [-0.39, 0.29) is 23.8 Å². The van der Waals surface area contributed by atoms with Crippen LogP contribution in [-0.4, -0.2) is 52.5 Å². The highest BCUT2D eigenvalue weighted by Gasteiger charge is 2.46.